The number of fused-ring (bicyclic) bond motifs is 1. The van der Waals surface area contributed by atoms with Crippen LogP contribution in [0.4, 0.5) is 8.78 Å². The van der Waals surface area contributed by atoms with Crippen molar-refractivity contribution < 1.29 is 18.0 Å². The van der Waals surface area contributed by atoms with Gasteiger partial charge in [0.1, 0.15) is 12.2 Å². The summed E-state index contributed by atoms with van der Waals surface area (Å²) < 4.78 is 34.6. The molecule has 1 aliphatic heterocycles. The van der Waals surface area contributed by atoms with Gasteiger partial charge in [-0.1, -0.05) is 30.3 Å². The van der Waals surface area contributed by atoms with Crippen LogP contribution in [-0.4, -0.2) is 38.7 Å². The fourth-order valence-electron chi connectivity index (χ4n) is 4.78. The van der Waals surface area contributed by atoms with Crippen molar-refractivity contribution in [2.24, 2.45) is 5.92 Å². The number of amides is 1. The Balaban J connectivity index is 1.34. The summed E-state index contributed by atoms with van der Waals surface area (Å²) in [5.74, 6) is 0.859. The van der Waals surface area contributed by atoms with E-state index in [4.69, 9.17) is 4.42 Å². The van der Waals surface area contributed by atoms with E-state index in [1.807, 2.05) is 11.0 Å². The van der Waals surface area contributed by atoms with Crippen molar-refractivity contribution in [2.45, 2.75) is 39.2 Å². The molecule has 0 bridgehead atoms. The van der Waals surface area contributed by atoms with Gasteiger partial charge in [-0.3, -0.25) is 4.79 Å². The van der Waals surface area contributed by atoms with Crippen LogP contribution in [0.15, 0.2) is 59.2 Å². The number of hydrogen-bond donors (Lipinski definition) is 0. The number of carbonyl (C=O) groups excluding carboxylic acids is 1. The number of pyridine rings is 1. The lowest BCUT2D eigenvalue weighted by Gasteiger charge is -2.32. The molecule has 5 rings (SSSR count). The van der Waals surface area contributed by atoms with Crippen LogP contribution in [0.5, 0.6) is 0 Å². The van der Waals surface area contributed by atoms with E-state index in [0.29, 0.717) is 41.5 Å². The van der Waals surface area contributed by atoms with Gasteiger partial charge >= 0.3 is 0 Å². The van der Waals surface area contributed by atoms with E-state index in [1.165, 1.54) is 22.6 Å². The predicted octanol–water partition coefficient (Wildman–Crippen LogP) is 5.42. The van der Waals surface area contributed by atoms with Crippen molar-refractivity contribution in [3.63, 3.8) is 0 Å². The number of aromatic nitrogens is 3. The molecule has 0 N–H and O–H groups in total. The maximum absolute atomic E-state index is 13.9. The van der Waals surface area contributed by atoms with E-state index >= 15 is 0 Å². The lowest BCUT2D eigenvalue weighted by Crippen LogP contribution is -2.40. The zero-order valence-corrected chi connectivity index (χ0v) is 19.0. The van der Waals surface area contributed by atoms with E-state index in [-0.39, 0.29) is 23.7 Å². The first kappa shape index (κ1) is 22.3. The van der Waals surface area contributed by atoms with Crippen molar-refractivity contribution in [1.82, 2.24) is 19.7 Å². The number of nitrogens with zero attached hydrogens (tertiary/aromatic N) is 4. The minimum atomic E-state index is -2.70. The van der Waals surface area contributed by atoms with E-state index < -0.39 is 6.43 Å². The summed E-state index contributed by atoms with van der Waals surface area (Å²) in [6.07, 6.45) is 1.67. The van der Waals surface area contributed by atoms with Gasteiger partial charge < -0.3 is 9.32 Å². The molecule has 1 fully saturated rings. The Kier molecular flexibility index (Phi) is 6.13. The van der Waals surface area contributed by atoms with Crippen LogP contribution in [0.2, 0.25) is 0 Å². The Bertz CT molecular complexity index is 1280. The molecule has 34 heavy (non-hydrogen) atoms. The molecule has 0 saturated carbocycles. The van der Waals surface area contributed by atoms with Crippen molar-refractivity contribution in [1.29, 1.82) is 0 Å². The van der Waals surface area contributed by atoms with Crippen LogP contribution in [0, 0.1) is 12.8 Å². The number of rotatable bonds is 6. The smallest absolute Gasteiger partial charge is 0.264 e. The zero-order chi connectivity index (χ0) is 23.7. The first-order chi connectivity index (χ1) is 16.5. The molecular weight excluding hydrogens is 438 g/mol. The fourth-order valence-corrected chi connectivity index (χ4v) is 4.78. The number of halogens is 2. The number of furan rings is 1. The zero-order valence-electron chi connectivity index (χ0n) is 19.0. The molecule has 4 heterocycles. The summed E-state index contributed by atoms with van der Waals surface area (Å²) in [5.41, 5.74) is 2.16. The Hall–Kier alpha value is -3.55. The first-order valence-electron chi connectivity index (χ1n) is 11.5. The highest BCUT2D eigenvalue weighted by Crippen LogP contribution is 2.33. The van der Waals surface area contributed by atoms with Crippen molar-refractivity contribution in [3.8, 4) is 11.5 Å². The topological polar surface area (TPSA) is 64.2 Å². The molecule has 6 nitrogen and oxygen atoms in total. The Labute approximate surface area is 196 Å². The highest BCUT2D eigenvalue weighted by molar-refractivity contribution is 5.86. The van der Waals surface area contributed by atoms with Gasteiger partial charge in [0.05, 0.1) is 17.3 Å². The Morgan fingerprint density at radius 3 is 2.59 bits per heavy atom. The SMILES string of the molecule is Cc1nn(CC(=O)N2CCC(Cc3ccccc3)CC2)c2nc(-c3ccco3)cc(C(F)F)c12. The molecule has 1 aliphatic rings. The summed E-state index contributed by atoms with van der Waals surface area (Å²) in [4.78, 5) is 19.5. The molecular formula is C26H26F2N4O2. The highest BCUT2D eigenvalue weighted by Gasteiger charge is 2.26. The van der Waals surface area contributed by atoms with Gasteiger partial charge in [0.2, 0.25) is 5.91 Å². The van der Waals surface area contributed by atoms with Crippen molar-refractivity contribution in [3.05, 3.63) is 71.6 Å². The van der Waals surface area contributed by atoms with Gasteiger partial charge in [-0.05, 0) is 55.9 Å². The Morgan fingerprint density at radius 1 is 1.15 bits per heavy atom. The molecule has 0 radical (unpaired) electrons. The maximum Gasteiger partial charge on any atom is 0.264 e. The van der Waals surface area contributed by atoms with Gasteiger partial charge in [-0.15, -0.1) is 0 Å². The number of alkyl halides is 2. The maximum atomic E-state index is 13.9. The Morgan fingerprint density at radius 2 is 1.91 bits per heavy atom. The molecule has 4 aromatic rings. The van der Waals surface area contributed by atoms with Crippen LogP contribution in [-0.2, 0) is 17.8 Å². The van der Waals surface area contributed by atoms with Crippen LogP contribution >= 0.6 is 0 Å². The van der Waals surface area contributed by atoms with Gasteiger partial charge in [0.25, 0.3) is 6.43 Å². The van der Waals surface area contributed by atoms with Crippen LogP contribution in [0.3, 0.4) is 0 Å². The summed E-state index contributed by atoms with van der Waals surface area (Å²) >= 11 is 0. The third-order valence-electron chi connectivity index (χ3n) is 6.54. The van der Waals surface area contributed by atoms with Gasteiger partial charge in [0, 0.05) is 18.7 Å². The van der Waals surface area contributed by atoms with E-state index in [2.05, 4.69) is 34.3 Å². The number of carbonyl (C=O) groups is 1. The van der Waals surface area contributed by atoms with Crippen molar-refractivity contribution >= 4 is 16.9 Å². The lowest BCUT2D eigenvalue weighted by atomic mass is 9.90. The average molecular weight is 465 g/mol. The third-order valence-corrected chi connectivity index (χ3v) is 6.54. The molecule has 1 saturated heterocycles. The van der Waals surface area contributed by atoms with Crippen LogP contribution in [0.1, 0.15) is 36.1 Å². The van der Waals surface area contributed by atoms with Crippen molar-refractivity contribution in [2.75, 3.05) is 13.1 Å². The standard InChI is InChI=1S/C26H26F2N4O2/c1-17-24-20(25(27)28)15-21(22-8-5-13-34-22)29-26(24)32(30-17)16-23(33)31-11-9-19(10-12-31)14-18-6-3-2-4-7-18/h2-8,13,15,19,25H,9-12,14,16H2,1H3. The molecule has 3 aromatic heterocycles. The quantitative estimate of drug-likeness (QED) is 0.382. The monoisotopic (exact) mass is 464 g/mol. The molecule has 0 unspecified atom stereocenters. The summed E-state index contributed by atoms with van der Waals surface area (Å²) in [6, 6.07) is 15.1. The minimum Gasteiger partial charge on any atom is -0.463 e. The molecule has 0 aliphatic carbocycles. The number of piperidine rings is 1. The van der Waals surface area contributed by atoms with E-state index in [9.17, 15) is 13.6 Å². The molecule has 0 spiro atoms. The second-order valence-corrected chi connectivity index (χ2v) is 8.83. The second-order valence-electron chi connectivity index (χ2n) is 8.83. The first-order valence-corrected chi connectivity index (χ1v) is 11.5. The number of likely N-dealkylation sites (tertiary alicyclic amines) is 1. The summed E-state index contributed by atoms with van der Waals surface area (Å²) in [7, 11) is 0. The van der Waals surface area contributed by atoms with Gasteiger partial charge in [-0.25, -0.2) is 18.4 Å². The predicted molar refractivity (Wildman–Crippen MR) is 124 cm³/mol. The van der Waals surface area contributed by atoms with E-state index in [1.54, 1.807) is 19.1 Å². The summed E-state index contributed by atoms with van der Waals surface area (Å²) in [5, 5.41) is 4.69. The van der Waals surface area contributed by atoms with Crippen LogP contribution < -0.4 is 0 Å². The van der Waals surface area contributed by atoms with Crippen LogP contribution in [0.25, 0.3) is 22.5 Å². The fraction of sp³-hybridized carbons (Fsp3) is 0.346. The van der Waals surface area contributed by atoms with Gasteiger partial charge in [0.15, 0.2) is 11.4 Å². The number of aryl methyl sites for hydroxylation is 1. The highest BCUT2D eigenvalue weighted by atomic mass is 19.3. The second kappa shape index (κ2) is 9.37. The molecule has 176 valence electrons. The number of hydrogen-bond acceptors (Lipinski definition) is 4. The minimum absolute atomic E-state index is 0.0367. The summed E-state index contributed by atoms with van der Waals surface area (Å²) in [6.45, 7) is 2.99. The normalized spacial score (nSPS) is 14.9. The lowest BCUT2D eigenvalue weighted by molar-refractivity contribution is -0.133. The number of benzene rings is 1. The molecule has 0 atom stereocenters. The van der Waals surface area contributed by atoms with E-state index in [0.717, 1.165) is 19.3 Å². The average Bonchev–Trinajstić information content (AvgIpc) is 3.48. The molecule has 8 heteroatoms. The third kappa shape index (κ3) is 4.44. The molecule has 1 amide bonds. The van der Waals surface area contributed by atoms with Gasteiger partial charge in [-0.2, -0.15) is 5.10 Å². The largest absolute Gasteiger partial charge is 0.463 e. The molecule has 1 aromatic carbocycles.